The first-order valence-corrected chi connectivity index (χ1v) is 15.5. The van der Waals surface area contributed by atoms with E-state index < -0.39 is 0 Å². The van der Waals surface area contributed by atoms with Crippen LogP contribution in [-0.4, -0.2) is 46.0 Å². The molecule has 0 spiro atoms. The maximum atomic E-state index is 5.98. The quantitative estimate of drug-likeness (QED) is 0.193. The van der Waals surface area contributed by atoms with Crippen LogP contribution in [0.2, 0.25) is 0 Å². The number of hydrogen-bond acceptors (Lipinski definition) is 6. The summed E-state index contributed by atoms with van der Waals surface area (Å²) in [5, 5.41) is 0. The molecule has 3 rings (SSSR count). The molecular formula is C26H30N2S6. The number of thiocarbonyl (C=S) groups is 2. The highest BCUT2D eigenvalue weighted by atomic mass is 32.2. The summed E-state index contributed by atoms with van der Waals surface area (Å²) in [5.41, 5.74) is 0. The maximum Gasteiger partial charge on any atom is 0.118 e. The Balaban J connectivity index is 2.12. The van der Waals surface area contributed by atoms with Gasteiger partial charge in [0.25, 0.3) is 0 Å². The molecule has 0 unspecified atom stereocenters. The second-order valence-electron chi connectivity index (χ2n) is 7.22. The van der Waals surface area contributed by atoms with Gasteiger partial charge in [-0.15, -0.1) is 22.7 Å². The van der Waals surface area contributed by atoms with E-state index in [0.717, 1.165) is 36.2 Å². The van der Waals surface area contributed by atoms with E-state index in [1.807, 2.05) is 22.7 Å². The van der Waals surface area contributed by atoms with Gasteiger partial charge in [-0.3, -0.25) is 0 Å². The zero-order valence-corrected chi connectivity index (χ0v) is 24.8. The minimum Gasteiger partial charge on any atom is -0.362 e. The number of nitrogens with zero attached hydrogens (tertiary/aromatic N) is 2. The molecule has 0 amide bonds. The van der Waals surface area contributed by atoms with Crippen LogP contribution in [0.3, 0.4) is 0 Å². The van der Waals surface area contributed by atoms with Gasteiger partial charge in [0.05, 0.1) is 17.5 Å². The van der Waals surface area contributed by atoms with Gasteiger partial charge in [0.15, 0.2) is 0 Å². The van der Waals surface area contributed by atoms with Crippen LogP contribution >= 0.6 is 70.6 Å². The largest absolute Gasteiger partial charge is 0.362 e. The molecule has 2 aromatic carbocycles. The normalized spacial score (nSPS) is 10.7. The average molecular weight is 563 g/mol. The van der Waals surface area contributed by atoms with E-state index in [4.69, 9.17) is 24.4 Å². The van der Waals surface area contributed by atoms with Gasteiger partial charge in [-0.2, -0.15) is 0 Å². The lowest BCUT2D eigenvalue weighted by Gasteiger charge is -2.24. The first kappa shape index (κ1) is 27.4. The van der Waals surface area contributed by atoms with Crippen molar-refractivity contribution in [2.45, 2.75) is 37.5 Å². The van der Waals surface area contributed by atoms with Gasteiger partial charge >= 0.3 is 0 Å². The fourth-order valence-corrected chi connectivity index (χ4v) is 8.97. The molecule has 1 heterocycles. The molecule has 2 nitrogen and oxygen atoms in total. The van der Waals surface area contributed by atoms with E-state index >= 15 is 0 Å². The molecule has 0 saturated carbocycles. The topological polar surface area (TPSA) is 6.48 Å². The fourth-order valence-electron chi connectivity index (χ4n) is 3.23. The zero-order valence-electron chi connectivity index (χ0n) is 19.9. The van der Waals surface area contributed by atoms with Crippen molar-refractivity contribution < 1.29 is 0 Å². The van der Waals surface area contributed by atoms with Crippen LogP contribution in [0, 0.1) is 0 Å². The van der Waals surface area contributed by atoms with Crippen LogP contribution in [-0.2, 0) is 0 Å². The summed E-state index contributed by atoms with van der Waals surface area (Å²) in [5.74, 6) is 0. The van der Waals surface area contributed by atoms with Gasteiger partial charge in [0.2, 0.25) is 0 Å². The molecule has 180 valence electrons. The lowest BCUT2D eigenvalue weighted by atomic mass is 10.4. The highest BCUT2D eigenvalue weighted by Gasteiger charge is 2.19. The van der Waals surface area contributed by atoms with E-state index in [0.29, 0.717) is 0 Å². The summed E-state index contributed by atoms with van der Waals surface area (Å²) in [6.07, 6.45) is 0. The van der Waals surface area contributed by atoms with Crippen LogP contribution in [0.4, 0.5) is 0 Å². The Hall–Kier alpha value is -1.16. The molecule has 0 N–H and O–H groups in total. The van der Waals surface area contributed by atoms with Crippen LogP contribution in [0.5, 0.6) is 0 Å². The standard InChI is InChI=1S/C26H30N2S6/c1-5-27(6-2)23(29)21(31-19-15-11-9-12-16-19)25-33-26(34-25)22(24(30)28(7-3)8-4)32-20-17-13-10-14-18-20/h9-18H,5-8H2,1-4H3. The molecule has 0 fully saturated rings. The molecule has 0 radical (unpaired) electrons. The first-order chi connectivity index (χ1) is 16.5. The Morgan fingerprint density at radius 1 is 0.618 bits per heavy atom. The molecule has 0 aliphatic carbocycles. The van der Waals surface area contributed by atoms with E-state index in [2.05, 4.69) is 98.2 Å². The van der Waals surface area contributed by atoms with Crippen molar-refractivity contribution in [1.29, 1.82) is 0 Å². The summed E-state index contributed by atoms with van der Waals surface area (Å²) < 4.78 is 2.52. The molecule has 0 saturated heterocycles. The maximum absolute atomic E-state index is 5.98. The van der Waals surface area contributed by atoms with Crippen LogP contribution in [0.1, 0.15) is 27.7 Å². The van der Waals surface area contributed by atoms with Crippen LogP contribution in [0.25, 0.3) is 9.81 Å². The first-order valence-electron chi connectivity index (χ1n) is 11.4. The Bertz CT molecular complexity index is 1080. The monoisotopic (exact) mass is 562 g/mol. The van der Waals surface area contributed by atoms with E-state index in [9.17, 15) is 0 Å². The molecule has 0 aliphatic heterocycles. The van der Waals surface area contributed by atoms with Crippen molar-refractivity contribution in [3.05, 3.63) is 68.4 Å². The van der Waals surface area contributed by atoms with E-state index in [1.165, 1.54) is 27.3 Å². The summed E-state index contributed by atoms with van der Waals surface area (Å²) in [6.45, 7) is 12.3. The van der Waals surface area contributed by atoms with Crippen molar-refractivity contribution >= 4 is 90.4 Å². The Kier molecular flexibility index (Phi) is 11.1. The van der Waals surface area contributed by atoms with Gasteiger partial charge in [-0.25, -0.2) is 0 Å². The summed E-state index contributed by atoms with van der Waals surface area (Å²) in [4.78, 5) is 11.1. The van der Waals surface area contributed by atoms with Gasteiger partial charge in [-0.05, 0) is 52.0 Å². The van der Waals surface area contributed by atoms with Gasteiger partial charge in [-0.1, -0.05) is 84.4 Å². The zero-order chi connectivity index (χ0) is 24.5. The van der Waals surface area contributed by atoms with Gasteiger partial charge < -0.3 is 9.80 Å². The van der Waals surface area contributed by atoms with Crippen molar-refractivity contribution in [2.75, 3.05) is 26.2 Å². The Labute approximate surface area is 230 Å². The minimum absolute atomic E-state index is 0.903. The SMILES string of the molecule is CCN(CC)C(=S)C(Sc1ccccc1)=c1sc(=C(Sc2ccccc2)C(=S)N(CC)CC)s1. The smallest absolute Gasteiger partial charge is 0.118 e. The number of rotatable bonds is 10. The molecule has 0 atom stereocenters. The lowest BCUT2D eigenvalue weighted by Crippen LogP contribution is -2.33. The highest BCUT2D eigenvalue weighted by Crippen LogP contribution is 2.32. The van der Waals surface area contributed by atoms with Crippen LogP contribution < -0.4 is 7.69 Å². The third kappa shape index (κ3) is 6.95. The van der Waals surface area contributed by atoms with Crippen molar-refractivity contribution in [1.82, 2.24) is 9.80 Å². The molecule has 3 aromatic rings. The summed E-state index contributed by atoms with van der Waals surface area (Å²) >= 11 is 19.1. The van der Waals surface area contributed by atoms with Crippen molar-refractivity contribution in [3.8, 4) is 0 Å². The summed E-state index contributed by atoms with van der Waals surface area (Å²) in [7, 11) is 0. The molecule has 34 heavy (non-hydrogen) atoms. The van der Waals surface area contributed by atoms with Crippen molar-refractivity contribution in [3.63, 3.8) is 0 Å². The van der Waals surface area contributed by atoms with Crippen LogP contribution in [0.15, 0.2) is 70.5 Å². The van der Waals surface area contributed by atoms with E-state index in [1.54, 1.807) is 23.5 Å². The average Bonchev–Trinajstić information content (AvgIpc) is 2.84. The van der Waals surface area contributed by atoms with Gasteiger partial charge in [0.1, 0.15) is 9.98 Å². The second kappa shape index (κ2) is 13.8. The third-order valence-corrected chi connectivity index (χ3v) is 11.6. The van der Waals surface area contributed by atoms with Gasteiger partial charge in [0, 0.05) is 36.0 Å². The molecule has 1 aromatic heterocycles. The van der Waals surface area contributed by atoms with Crippen molar-refractivity contribution in [2.24, 2.45) is 0 Å². The second-order valence-corrected chi connectivity index (χ2v) is 12.7. The molecule has 8 heteroatoms. The molecule has 0 bridgehead atoms. The number of hydrogen-bond donors (Lipinski definition) is 0. The summed E-state index contributed by atoms with van der Waals surface area (Å²) in [6, 6.07) is 21.0. The molecular weight excluding hydrogens is 533 g/mol. The Morgan fingerprint density at radius 2 is 0.941 bits per heavy atom. The predicted octanol–water partition coefficient (Wildman–Crippen LogP) is 6.95. The lowest BCUT2D eigenvalue weighted by molar-refractivity contribution is 0.478. The third-order valence-electron chi connectivity index (χ3n) is 5.16. The fraction of sp³-hybridized carbons (Fsp3) is 0.308. The predicted molar refractivity (Wildman–Crippen MR) is 164 cm³/mol. The molecule has 0 aliphatic rings. The number of thioether (sulfide) groups is 2. The number of benzene rings is 2. The Morgan fingerprint density at radius 3 is 1.24 bits per heavy atom. The minimum atomic E-state index is 0.903. The highest BCUT2D eigenvalue weighted by molar-refractivity contribution is 8.11. The van der Waals surface area contributed by atoms with E-state index in [-0.39, 0.29) is 0 Å².